The summed E-state index contributed by atoms with van der Waals surface area (Å²) in [5.74, 6) is -0.524. The number of carbonyl (C=O) groups is 1. The Kier molecular flexibility index (Phi) is 3.98. The number of phenols is 2. The first-order valence-electron chi connectivity index (χ1n) is 6.80. The van der Waals surface area contributed by atoms with Gasteiger partial charge in [-0.2, -0.15) is 0 Å². The quantitative estimate of drug-likeness (QED) is 0.785. The van der Waals surface area contributed by atoms with Crippen molar-refractivity contribution in [1.29, 1.82) is 0 Å². The van der Waals surface area contributed by atoms with Crippen molar-refractivity contribution >= 4 is 5.91 Å². The monoisotopic (exact) mass is 263 g/mol. The maximum atomic E-state index is 12.0. The summed E-state index contributed by atoms with van der Waals surface area (Å²) in [6, 6.07) is 4.01. The lowest BCUT2D eigenvalue weighted by Crippen LogP contribution is -2.37. The molecule has 4 heteroatoms. The average Bonchev–Trinajstić information content (AvgIpc) is 2.37. The molecule has 1 aliphatic carbocycles. The number of hydrogen-bond acceptors (Lipinski definition) is 3. The molecule has 0 saturated heterocycles. The van der Waals surface area contributed by atoms with E-state index in [2.05, 4.69) is 12.2 Å². The molecule has 19 heavy (non-hydrogen) atoms. The van der Waals surface area contributed by atoms with Crippen LogP contribution in [-0.2, 0) is 0 Å². The van der Waals surface area contributed by atoms with Crippen LogP contribution in [0.1, 0.15) is 49.4 Å². The van der Waals surface area contributed by atoms with E-state index in [4.69, 9.17) is 0 Å². The number of aromatic hydroxyl groups is 2. The number of amides is 1. The summed E-state index contributed by atoms with van der Waals surface area (Å²) in [7, 11) is 0. The average molecular weight is 263 g/mol. The normalized spacial score (nSPS) is 17.9. The molecule has 1 aliphatic rings. The minimum absolute atomic E-state index is 0.0479. The number of benzene rings is 1. The van der Waals surface area contributed by atoms with Crippen molar-refractivity contribution in [2.24, 2.45) is 5.41 Å². The fourth-order valence-corrected chi connectivity index (χ4v) is 2.68. The lowest BCUT2D eigenvalue weighted by atomic mass is 9.76. The maximum Gasteiger partial charge on any atom is 0.255 e. The Morgan fingerprint density at radius 3 is 2.58 bits per heavy atom. The Hall–Kier alpha value is -1.71. The lowest BCUT2D eigenvalue weighted by molar-refractivity contribution is 0.0916. The van der Waals surface area contributed by atoms with Crippen LogP contribution in [0, 0.1) is 5.41 Å². The van der Waals surface area contributed by atoms with E-state index in [1.54, 1.807) is 0 Å². The van der Waals surface area contributed by atoms with Gasteiger partial charge < -0.3 is 15.5 Å². The number of rotatable bonds is 3. The predicted molar refractivity (Wildman–Crippen MR) is 73.3 cm³/mol. The van der Waals surface area contributed by atoms with Crippen molar-refractivity contribution in [3.8, 4) is 11.5 Å². The number of nitrogens with one attached hydrogen (secondary N) is 1. The molecular formula is C15H21NO3. The van der Waals surface area contributed by atoms with E-state index in [-0.39, 0.29) is 28.4 Å². The first-order chi connectivity index (χ1) is 9.00. The zero-order chi connectivity index (χ0) is 13.9. The third-order valence-corrected chi connectivity index (χ3v) is 3.96. The van der Waals surface area contributed by atoms with Crippen LogP contribution in [-0.4, -0.2) is 22.7 Å². The number of phenolic OH excluding ortho intramolecular Hbond substituents is 2. The van der Waals surface area contributed by atoms with Crippen LogP contribution < -0.4 is 5.32 Å². The summed E-state index contributed by atoms with van der Waals surface area (Å²) >= 11 is 0. The van der Waals surface area contributed by atoms with Gasteiger partial charge in [0.15, 0.2) is 0 Å². The topological polar surface area (TPSA) is 69.6 Å². The molecular weight excluding hydrogens is 242 g/mol. The van der Waals surface area contributed by atoms with Gasteiger partial charge in [-0.3, -0.25) is 4.79 Å². The second-order valence-corrected chi connectivity index (χ2v) is 5.76. The third kappa shape index (κ3) is 3.40. The second kappa shape index (κ2) is 5.51. The van der Waals surface area contributed by atoms with E-state index in [1.807, 2.05) is 0 Å². The van der Waals surface area contributed by atoms with Gasteiger partial charge in [0.1, 0.15) is 11.5 Å². The molecule has 1 amide bonds. The number of hydrogen-bond donors (Lipinski definition) is 3. The molecule has 0 aromatic heterocycles. The molecule has 1 fully saturated rings. The summed E-state index contributed by atoms with van der Waals surface area (Å²) in [5, 5.41) is 21.7. The highest BCUT2D eigenvalue weighted by Gasteiger charge is 2.27. The van der Waals surface area contributed by atoms with E-state index >= 15 is 0 Å². The van der Waals surface area contributed by atoms with Crippen molar-refractivity contribution in [3.05, 3.63) is 23.8 Å². The van der Waals surface area contributed by atoms with Gasteiger partial charge in [-0.15, -0.1) is 0 Å². The van der Waals surface area contributed by atoms with E-state index in [0.717, 1.165) is 12.8 Å². The van der Waals surface area contributed by atoms with Crippen LogP contribution in [0.25, 0.3) is 0 Å². The van der Waals surface area contributed by atoms with Crippen molar-refractivity contribution in [2.75, 3.05) is 6.54 Å². The van der Waals surface area contributed by atoms with Gasteiger partial charge in [-0.1, -0.05) is 26.2 Å². The Labute approximate surface area is 113 Å². The molecule has 1 aromatic rings. The summed E-state index contributed by atoms with van der Waals surface area (Å²) in [5.41, 5.74) is 0.373. The maximum absolute atomic E-state index is 12.0. The molecule has 104 valence electrons. The molecule has 1 aromatic carbocycles. The molecule has 1 saturated carbocycles. The molecule has 4 nitrogen and oxygen atoms in total. The molecule has 0 radical (unpaired) electrons. The van der Waals surface area contributed by atoms with Gasteiger partial charge in [0.2, 0.25) is 0 Å². The number of carbonyl (C=O) groups excluding carboxylic acids is 1. The summed E-state index contributed by atoms with van der Waals surface area (Å²) in [6.07, 6.45) is 5.99. The van der Waals surface area contributed by atoms with Crippen molar-refractivity contribution in [2.45, 2.75) is 39.0 Å². The van der Waals surface area contributed by atoms with Gasteiger partial charge in [0, 0.05) is 12.6 Å². The lowest BCUT2D eigenvalue weighted by Gasteiger charge is -2.33. The first kappa shape index (κ1) is 13.7. The smallest absolute Gasteiger partial charge is 0.255 e. The molecule has 0 spiro atoms. The second-order valence-electron chi connectivity index (χ2n) is 5.76. The third-order valence-electron chi connectivity index (χ3n) is 3.96. The van der Waals surface area contributed by atoms with Crippen molar-refractivity contribution in [1.82, 2.24) is 5.32 Å². The zero-order valence-electron chi connectivity index (χ0n) is 11.3. The van der Waals surface area contributed by atoms with Crippen molar-refractivity contribution in [3.63, 3.8) is 0 Å². The fourth-order valence-electron chi connectivity index (χ4n) is 2.68. The first-order valence-corrected chi connectivity index (χ1v) is 6.80. The highest BCUT2D eigenvalue weighted by molar-refractivity contribution is 5.97. The SMILES string of the molecule is CC1(CNC(=O)c2ccc(O)cc2O)CCCCC1. The Bertz CT molecular complexity index is 464. The minimum Gasteiger partial charge on any atom is -0.508 e. The summed E-state index contributed by atoms with van der Waals surface area (Å²) in [4.78, 5) is 12.0. The highest BCUT2D eigenvalue weighted by atomic mass is 16.3. The minimum atomic E-state index is -0.288. The molecule has 0 bridgehead atoms. The zero-order valence-corrected chi connectivity index (χ0v) is 11.3. The van der Waals surface area contributed by atoms with Gasteiger partial charge in [0.05, 0.1) is 5.56 Å². The predicted octanol–water partition coefficient (Wildman–Crippen LogP) is 2.80. The van der Waals surface area contributed by atoms with Crippen molar-refractivity contribution < 1.29 is 15.0 Å². The van der Waals surface area contributed by atoms with Crippen LogP contribution in [0.5, 0.6) is 11.5 Å². The Morgan fingerprint density at radius 1 is 1.26 bits per heavy atom. The van der Waals surface area contributed by atoms with Gasteiger partial charge >= 0.3 is 0 Å². The standard InChI is InChI=1S/C15H21NO3/c1-15(7-3-2-4-8-15)10-16-14(19)12-6-5-11(17)9-13(12)18/h5-6,9,17-18H,2-4,7-8,10H2,1H3,(H,16,19). The molecule has 0 atom stereocenters. The summed E-state index contributed by atoms with van der Waals surface area (Å²) < 4.78 is 0. The largest absolute Gasteiger partial charge is 0.508 e. The van der Waals surface area contributed by atoms with Crippen LogP contribution in [0.4, 0.5) is 0 Å². The van der Waals surface area contributed by atoms with Gasteiger partial charge in [0.25, 0.3) is 5.91 Å². The van der Waals surface area contributed by atoms with Crippen LogP contribution in [0.2, 0.25) is 0 Å². The van der Waals surface area contributed by atoms with E-state index in [0.29, 0.717) is 6.54 Å². The van der Waals surface area contributed by atoms with E-state index in [1.165, 1.54) is 37.5 Å². The molecule has 0 heterocycles. The van der Waals surface area contributed by atoms with Crippen LogP contribution in [0.3, 0.4) is 0 Å². The molecule has 0 aliphatic heterocycles. The van der Waals surface area contributed by atoms with E-state index < -0.39 is 0 Å². The van der Waals surface area contributed by atoms with Crippen LogP contribution in [0.15, 0.2) is 18.2 Å². The van der Waals surface area contributed by atoms with E-state index in [9.17, 15) is 15.0 Å². The Balaban J connectivity index is 1.97. The molecule has 0 unspecified atom stereocenters. The molecule has 3 N–H and O–H groups in total. The van der Waals surface area contributed by atoms with Crippen LogP contribution >= 0.6 is 0 Å². The Morgan fingerprint density at radius 2 is 1.95 bits per heavy atom. The summed E-state index contributed by atoms with van der Waals surface area (Å²) in [6.45, 7) is 2.83. The van der Waals surface area contributed by atoms with Gasteiger partial charge in [-0.05, 0) is 30.4 Å². The fraction of sp³-hybridized carbons (Fsp3) is 0.533. The highest BCUT2D eigenvalue weighted by Crippen LogP contribution is 2.35. The van der Waals surface area contributed by atoms with Gasteiger partial charge in [-0.25, -0.2) is 0 Å². The molecule has 2 rings (SSSR count).